The highest BCUT2D eigenvalue weighted by atomic mass is 14.8. The first-order chi connectivity index (χ1) is 7.40. The topological polar surface area (TPSA) is 12.0 Å². The average Bonchev–Trinajstić information content (AvgIpc) is 2.14. The molecule has 2 aliphatic carbocycles. The molecule has 0 spiro atoms. The van der Waals surface area contributed by atoms with Crippen LogP contribution in [0.4, 0.5) is 0 Å². The molecule has 2 saturated carbocycles. The minimum Gasteiger partial charge on any atom is -0.320 e. The normalized spacial score (nSPS) is 31.0. The van der Waals surface area contributed by atoms with Crippen molar-refractivity contribution >= 4 is 0 Å². The van der Waals surface area contributed by atoms with Crippen LogP contribution in [0.3, 0.4) is 0 Å². The Morgan fingerprint density at radius 1 is 0.933 bits per heavy atom. The zero-order valence-corrected chi connectivity index (χ0v) is 10.3. The lowest BCUT2D eigenvalue weighted by atomic mass is 9.67. The molecule has 1 heteroatoms. The Morgan fingerprint density at radius 2 is 1.67 bits per heavy atom. The van der Waals surface area contributed by atoms with Gasteiger partial charge in [0.2, 0.25) is 0 Å². The predicted molar refractivity (Wildman–Crippen MR) is 65.9 cm³/mol. The SMILES string of the molecule is CNCCCC1CCC1CCC1CCC1. The van der Waals surface area contributed by atoms with E-state index in [9.17, 15) is 0 Å². The van der Waals surface area contributed by atoms with Crippen LogP contribution in [0.2, 0.25) is 0 Å². The van der Waals surface area contributed by atoms with E-state index in [1.165, 1.54) is 51.5 Å². The molecule has 0 heterocycles. The summed E-state index contributed by atoms with van der Waals surface area (Å²) in [5.74, 6) is 3.34. The number of rotatable bonds is 7. The molecule has 2 rings (SSSR count). The fourth-order valence-corrected chi connectivity index (χ4v) is 3.17. The monoisotopic (exact) mass is 209 g/mol. The molecule has 0 aromatic carbocycles. The first kappa shape index (κ1) is 11.4. The molecule has 88 valence electrons. The Balaban J connectivity index is 1.53. The highest BCUT2D eigenvalue weighted by Crippen LogP contribution is 2.42. The Morgan fingerprint density at radius 3 is 2.20 bits per heavy atom. The van der Waals surface area contributed by atoms with Gasteiger partial charge in [-0.3, -0.25) is 0 Å². The van der Waals surface area contributed by atoms with Gasteiger partial charge in [-0.1, -0.05) is 25.7 Å². The second kappa shape index (κ2) is 5.89. The molecule has 0 radical (unpaired) electrons. The van der Waals surface area contributed by atoms with Crippen LogP contribution in [-0.2, 0) is 0 Å². The van der Waals surface area contributed by atoms with E-state index in [1.54, 1.807) is 12.8 Å². The van der Waals surface area contributed by atoms with Gasteiger partial charge in [0, 0.05) is 0 Å². The molecule has 0 amide bonds. The summed E-state index contributed by atoms with van der Waals surface area (Å²) in [7, 11) is 2.06. The summed E-state index contributed by atoms with van der Waals surface area (Å²) in [5, 5.41) is 3.25. The van der Waals surface area contributed by atoms with Gasteiger partial charge in [0.05, 0.1) is 0 Å². The lowest BCUT2D eigenvalue weighted by Crippen LogP contribution is -2.27. The lowest BCUT2D eigenvalue weighted by Gasteiger charge is -2.38. The van der Waals surface area contributed by atoms with E-state index in [4.69, 9.17) is 0 Å². The third-order valence-corrected chi connectivity index (χ3v) is 4.75. The Kier molecular flexibility index (Phi) is 4.49. The maximum absolute atomic E-state index is 3.25. The van der Waals surface area contributed by atoms with Gasteiger partial charge in [-0.25, -0.2) is 0 Å². The van der Waals surface area contributed by atoms with E-state index in [0.29, 0.717) is 0 Å². The third kappa shape index (κ3) is 3.21. The van der Waals surface area contributed by atoms with Crippen molar-refractivity contribution in [2.24, 2.45) is 17.8 Å². The van der Waals surface area contributed by atoms with Gasteiger partial charge in [0.1, 0.15) is 0 Å². The second-order valence-electron chi connectivity index (χ2n) is 5.72. The van der Waals surface area contributed by atoms with Crippen LogP contribution in [0, 0.1) is 17.8 Å². The first-order valence-corrected chi connectivity index (χ1v) is 7.04. The number of hydrogen-bond donors (Lipinski definition) is 1. The summed E-state index contributed by atoms with van der Waals surface area (Å²) in [5.41, 5.74) is 0. The van der Waals surface area contributed by atoms with Gasteiger partial charge in [0.25, 0.3) is 0 Å². The van der Waals surface area contributed by atoms with Crippen LogP contribution in [0.25, 0.3) is 0 Å². The molecule has 0 bridgehead atoms. The summed E-state index contributed by atoms with van der Waals surface area (Å²) in [6, 6.07) is 0. The van der Waals surface area contributed by atoms with Crippen LogP contribution < -0.4 is 5.32 Å². The van der Waals surface area contributed by atoms with Crippen molar-refractivity contribution in [3.63, 3.8) is 0 Å². The van der Waals surface area contributed by atoms with Crippen molar-refractivity contribution in [2.75, 3.05) is 13.6 Å². The molecule has 0 aromatic rings. The molecule has 0 aliphatic heterocycles. The average molecular weight is 209 g/mol. The molecule has 1 N–H and O–H groups in total. The molecule has 2 atom stereocenters. The maximum Gasteiger partial charge on any atom is -0.00518 e. The fraction of sp³-hybridized carbons (Fsp3) is 1.00. The van der Waals surface area contributed by atoms with E-state index in [1.807, 2.05) is 0 Å². The zero-order chi connectivity index (χ0) is 10.5. The quantitative estimate of drug-likeness (QED) is 0.632. The maximum atomic E-state index is 3.25. The highest BCUT2D eigenvalue weighted by molar-refractivity contribution is 4.82. The molecular formula is C14H27N. The smallest absolute Gasteiger partial charge is 0.00518 e. The Hall–Kier alpha value is -0.0400. The van der Waals surface area contributed by atoms with Crippen molar-refractivity contribution in [3.8, 4) is 0 Å². The van der Waals surface area contributed by atoms with Crippen LogP contribution in [0.15, 0.2) is 0 Å². The summed E-state index contributed by atoms with van der Waals surface area (Å²) in [6.07, 6.45) is 13.6. The number of nitrogens with one attached hydrogen (secondary N) is 1. The van der Waals surface area contributed by atoms with Crippen molar-refractivity contribution in [1.29, 1.82) is 0 Å². The molecule has 1 nitrogen and oxygen atoms in total. The van der Waals surface area contributed by atoms with E-state index >= 15 is 0 Å². The summed E-state index contributed by atoms with van der Waals surface area (Å²) in [4.78, 5) is 0. The van der Waals surface area contributed by atoms with E-state index in [0.717, 1.165) is 17.8 Å². The van der Waals surface area contributed by atoms with E-state index < -0.39 is 0 Å². The first-order valence-electron chi connectivity index (χ1n) is 7.04. The van der Waals surface area contributed by atoms with Crippen molar-refractivity contribution in [2.45, 2.75) is 57.8 Å². The van der Waals surface area contributed by atoms with Crippen LogP contribution >= 0.6 is 0 Å². The molecule has 0 aromatic heterocycles. The summed E-state index contributed by atoms with van der Waals surface area (Å²) >= 11 is 0. The molecule has 15 heavy (non-hydrogen) atoms. The molecule has 2 aliphatic rings. The second-order valence-corrected chi connectivity index (χ2v) is 5.72. The zero-order valence-electron chi connectivity index (χ0n) is 10.3. The van der Waals surface area contributed by atoms with Gasteiger partial charge < -0.3 is 5.32 Å². The minimum absolute atomic E-state index is 1.10. The predicted octanol–water partition coefficient (Wildman–Crippen LogP) is 3.59. The van der Waals surface area contributed by atoms with Gasteiger partial charge in [-0.2, -0.15) is 0 Å². The van der Waals surface area contributed by atoms with Crippen LogP contribution in [0.1, 0.15) is 57.8 Å². The van der Waals surface area contributed by atoms with Crippen LogP contribution in [-0.4, -0.2) is 13.6 Å². The van der Waals surface area contributed by atoms with Crippen molar-refractivity contribution in [1.82, 2.24) is 5.32 Å². The highest BCUT2D eigenvalue weighted by Gasteiger charge is 2.30. The van der Waals surface area contributed by atoms with Crippen molar-refractivity contribution in [3.05, 3.63) is 0 Å². The third-order valence-electron chi connectivity index (χ3n) is 4.75. The fourth-order valence-electron chi connectivity index (χ4n) is 3.17. The minimum atomic E-state index is 1.10. The van der Waals surface area contributed by atoms with Crippen LogP contribution in [0.5, 0.6) is 0 Å². The molecule has 0 saturated heterocycles. The largest absolute Gasteiger partial charge is 0.320 e. The molecule has 2 unspecified atom stereocenters. The van der Waals surface area contributed by atoms with Gasteiger partial charge in [0.15, 0.2) is 0 Å². The van der Waals surface area contributed by atoms with Gasteiger partial charge in [-0.05, 0) is 63.5 Å². The summed E-state index contributed by atoms with van der Waals surface area (Å²) in [6.45, 7) is 1.21. The lowest BCUT2D eigenvalue weighted by molar-refractivity contribution is 0.131. The number of hydrogen-bond acceptors (Lipinski definition) is 1. The van der Waals surface area contributed by atoms with E-state index in [-0.39, 0.29) is 0 Å². The Bertz CT molecular complexity index is 174. The molecular weight excluding hydrogens is 182 g/mol. The summed E-state index contributed by atoms with van der Waals surface area (Å²) < 4.78 is 0. The van der Waals surface area contributed by atoms with Gasteiger partial charge >= 0.3 is 0 Å². The Labute approximate surface area is 95.0 Å². The van der Waals surface area contributed by atoms with E-state index in [2.05, 4.69) is 12.4 Å². The molecule has 2 fully saturated rings. The van der Waals surface area contributed by atoms with Gasteiger partial charge in [-0.15, -0.1) is 0 Å². The standard InChI is InChI=1S/C14H27N/c1-15-11-3-6-13-9-10-14(13)8-7-12-4-2-5-12/h12-15H,2-11H2,1H3. The van der Waals surface area contributed by atoms with Crippen molar-refractivity contribution < 1.29 is 0 Å².